The van der Waals surface area contributed by atoms with E-state index in [0.29, 0.717) is 44.7 Å². The van der Waals surface area contributed by atoms with Gasteiger partial charge >= 0.3 is 5.97 Å². The van der Waals surface area contributed by atoms with Crippen LogP contribution in [0, 0.1) is 11.8 Å². The molecule has 7 heteroatoms. The first kappa shape index (κ1) is 20.2. The molecule has 0 aromatic heterocycles. The third kappa shape index (κ3) is 6.65. The van der Waals surface area contributed by atoms with Gasteiger partial charge in [0.1, 0.15) is 0 Å². The van der Waals surface area contributed by atoms with Crippen LogP contribution >= 0.6 is 12.4 Å². The Labute approximate surface area is 144 Å². The summed E-state index contributed by atoms with van der Waals surface area (Å²) in [5, 5.41) is 11.8. The molecule has 1 aliphatic heterocycles. The lowest BCUT2D eigenvalue weighted by molar-refractivity contribution is -0.141. The van der Waals surface area contributed by atoms with Crippen LogP contribution in [0.2, 0.25) is 0 Å². The van der Waals surface area contributed by atoms with E-state index in [1.807, 2.05) is 4.90 Å². The van der Waals surface area contributed by atoms with Gasteiger partial charge in [-0.25, -0.2) is 0 Å². The van der Waals surface area contributed by atoms with Gasteiger partial charge in [-0.05, 0) is 31.7 Å². The van der Waals surface area contributed by atoms with Crippen LogP contribution in [0.25, 0.3) is 0 Å². The summed E-state index contributed by atoms with van der Waals surface area (Å²) in [5.74, 6) is -0.532. The lowest BCUT2D eigenvalue weighted by Crippen LogP contribution is -2.38. The fraction of sp³-hybridized carbons (Fsp3) is 0.875. The summed E-state index contributed by atoms with van der Waals surface area (Å²) in [5.41, 5.74) is 0. The Morgan fingerprint density at radius 1 is 1.26 bits per heavy atom. The van der Waals surface area contributed by atoms with Crippen molar-refractivity contribution in [3.8, 4) is 0 Å². The van der Waals surface area contributed by atoms with Gasteiger partial charge in [0, 0.05) is 13.1 Å². The number of nitrogens with zero attached hydrogens (tertiary/aromatic N) is 1. The summed E-state index contributed by atoms with van der Waals surface area (Å²) in [7, 11) is 0. The lowest BCUT2D eigenvalue weighted by Gasteiger charge is -2.28. The van der Waals surface area contributed by atoms with Gasteiger partial charge in [0.25, 0.3) is 0 Å². The summed E-state index contributed by atoms with van der Waals surface area (Å²) in [4.78, 5) is 24.6. The van der Waals surface area contributed by atoms with E-state index in [-0.39, 0.29) is 30.8 Å². The van der Waals surface area contributed by atoms with Crippen LogP contribution in [-0.2, 0) is 14.3 Å². The Morgan fingerprint density at radius 3 is 2.65 bits per heavy atom. The molecule has 2 fully saturated rings. The fourth-order valence-electron chi connectivity index (χ4n) is 3.37. The van der Waals surface area contributed by atoms with Gasteiger partial charge in [0.05, 0.1) is 25.2 Å². The number of carbonyl (C=O) groups excluding carboxylic acids is 1. The average Bonchev–Trinajstić information content (AvgIpc) is 2.94. The number of hydrogen-bond acceptors (Lipinski definition) is 4. The number of carbonyl (C=O) groups is 2. The molecule has 1 saturated carbocycles. The molecule has 23 heavy (non-hydrogen) atoms. The Kier molecular flexibility index (Phi) is 8.87. The van der Waals surface area contributed by atoms with Crippen LogP contribution in [0.15, 0.2) is 0 Å². The minimum atomic E-state index is -0.766. The quantitative estimate of drug-likeness (QED) is 0.682. The first-order chi connectivity index (χ1) is 10.6. The first-order valence-corrected chi connectivity index (χ1v) is 8.39. The summed E-state index contributed by atoms with van der Waals surface area (Å²) in [6, 6.07) is 0. The summed E-state index contributed by atoms with van der Waals surface area (Å²) < 4.78 is 5.86. The maximum atomic E-state index is 11.8. The lowest BCUT2D eigenvalue weighted by atomic mass is 9.88. The van der Waals surface area contributed by atoms with Crippen LogP contribution in [0.1, 0.15) is 39.0 Å². The first-order valence-electron chi connectivity index (χ1n) is 8.39. The molecule has 2 rings (SSSR count). The Hall–Kier alpha value is -0.850. The minimum absolute atomic E-state index is 0. The van der Waals surface area contributed by atoms with Crippen molar-refractivity contribution in [3.63, 3.8) is 0 Å². The highest BCUT2D eigenvalue weighted by Gasteiger charge is 2.28. The number of ether oxygens (including phenoxy) is 1. The molecule has 134 valence electrons. The van der Waals surface area contributed by atoms with Gasteiger partial charge in [-0.1, -0.05) is 19.8 Å². The molecule has 3 unspecified atom stereocenters. The van der Waals surface area contributed by atoms with Gasteiger partial charge in [-0.2, -0.15) is 0 Å². The van der Waals surface area contributed by atoms with E-state index in [9.17, 15) is 9.59 Å². The third-order valence-electron chi connectivity index (χ3n) is 4.78. The Bertz CT molecular complexity index is 394. The second kappa shape index (κ2) is 10.1. The maximum absolute atomic E-state index is 11.8. The highest BCUT2D eigenvalue weighted by atomic mass is 35.5. The zero-order valence-corrected chi connectivity index (χ0v) is 14.6. The van der Waals surface area contributed by atoms with E-state index in [0.717, 1.165) is 6.42 Å². The summed E-state index contributed by atoms with van der Waals surface area (Å²) in [6.07, 6.45) is 5.86. The number of hydrogen-bond donors (Lipinski definition) is 2. The smallest absolute Gasteiger partial charge is 0.307 e. The van der Waals surface area contributed by atoms with Crippen molar-refractivity contribution in [1.29, 1.82) is 0 Å². The summed E-state index contributed by atoms with van der Waals surface area (Å²) in [6.45, 7) is 4.74. The van der Waals surface area contributed by atoms with Crippen molar-refractivity contribution in [2.24, 2.45) is 11.8 Å². The van der Waals surface area contributed by atoms with Crippen LogP contribution in [0.5, 0.6) is 0 Å². The van der Waals surface area contributed by atoms with Crippen molar-refractivity contribution in [3.05, 3.63) is 0 Å². The van der Waals surface area contributed by atoms with Gasteiger partial charge in [0.2, 0.25) is 5.91 Å². The van der Waals surface area contributed by atoms with E-state index in [1.165, 1.54) is 19.3 Å². The standard InChI is InChI=1S/C16H28N2O4.ClH/c1-12-4-2-3-5-14(12)22-9-7-17-15(19)11-18-8-6-13(10-18)16(20)21;/h12-14H,2-11H2,1H3,(H,17,19)(H,20,21);1H. The number of amides is 1. The van der Waals surface area contributed by atoms with Crippen molar-refractivity contribution in [2.75, 3.05) is 32.8 Å². The Morgan fingerprint density at radius 2 is 2.00 bits per heavy atom. The highest BCUT2D eigenvalue weighted by molar-refractivity contribution is 5.85. The van der Waals surface area contributed by atoms with Crippen molar-refractivity contribution >= 4 is 24.3 Å². The van der Waals surface area contributed by atoms with E-state index >= 15 is 0 Å². The predicted molar refractivity (Wildman–Crippen MR) is 89.8 cm³/mol. The van der Waals surface area contributed by atoms with Crippen molar-refractivity contribution < 1.29 is 19.4 Å². The maximum Gasteiger partial charge on any atom is 0.307 e. The van der Waals surface area contributed by atoms with Crippen LogP contribution < -0.4 is 5.32 Å². The van der Waals surface area contributed by atoms with Gasteiger partial charge < -0.3 is 15.2 Å². The molecular formula is C16H29ClN2O4. The van der Waals surface area contributed by atoms with E-state index in [1.54, 1.807) is 0 Å². The van der Waals surface area contributed by atoms with Crippen molar-refractivity contribution in [2.45, 2.75) is 45.1 Å². The molecule has 0 aromatic rings. The monoisotopic (exact) mass is 348 g/mol. The second-order valence-electron chi connectivity index (χ2n) is 6.58. The zero-order valence-electron chi connectivity index (χ0n) is 13.8. The summed E-state index contributed by atoms with van der Waals surface area (Å²) >= 11 is 0. The SMILES string of the molecule is CC1CCCCC1OCCNC(=O)CN1CCC(C(=O)O)C1.Cl. The normalized spacial score (nSPS) is 28.1. The number of halogens is 1. The number of aliphatic carboxylic acids is 1. The molecular weight excluding hydrogens is 320 g/mol. The van der Waals surface area contributed by atoms with Crippen LogP contribution in [-0.4, -0.2) is 60.8 Å². The van der Waals surface area contributed by atoms with Crippen LogP contribution in [0.4, 0.5) is 0 Å². The van der Waals surface area contributed by atoms with E-state index in [2.05, 4.69) is 12.2 Å². The number of carboxylic acid groups (broad SMARTS) is 1. The van der Waals surface area contributed by atoms with Crippen LogP contribution in [0.3, 0.4) is 0 Å². The molecule has 1 amide bonds. The highest BCUT2D eigenvalue weighted by Crippen LogP contribution is 2.25. The molecule has 1 saturated heterocycles. The molecule has 0 aromatic carbocycles. The van der Waals surface area contributed by atoms with E-state index < -0.39 is 5.97 Å². The topological polar surface area (TPSA) is 78.9 Å². The Balaban J connectivity index is 0.00000264. The van der Waals surface area contributed by atoms with Gasteiger partial charge in [-0.15, -0.1) is 12.4 Å². The molecule has 3 atom stereocenters. The predicted octanol–water partition coefficient (Wildman–Crippen LogP) is 1.53. The minimum Gasteiger partial charge on any atom is -0.481 e. The number of carboxylic acids is 1. The average molecular weight is 349 g/mol. The molecule has 1 heterocycles. The fourth-order valence-corrected chi connectivity index (χ4v) is 3.37. The number of nitrogens with one attached hydrogen (secondary N) is 1. The molecule has 0 radical (unpaired) electrons. The van der Waals surface area contributed by atoms with Gasteiger partial charge in [0.15, 0.2) is 0 Å². The number of rotatable bonds is 7. The van der Waals surface area contributed by atoms with Gasteiger partial charge in [-0.3, -0.25) is 14.5 Å². The zero-order chi connectivity index (χ0) is 15.9. The second-order valence-corrected chi connectivity index (χ2v) is 6.58. The third-order valence-corrected chi connectivity index (χ3v) is 4.78. The van der Waals surface area contributed by atoms with Crippen molar-refractivity contribution in [1.82, 2.24) is 10.2 Å². The van der Waals surface area contributed by atoms with E-state index in [4.69, 9.17) is 9.84 Å². The molecule has 1 aliphatic carbocycles. The molecule has 0 spiro atoms. The molecule has 6 nitrogen and oxygen atoms in total. The molecule has 2 N–H and O–H groups in total. The molecule has 2 aliphatic rings. The number of likely N-dealkylation sites (tertiary alicyclic amines) is 1. The molecule has 0 bridgehead atoms. The largest absolute Gasteiger partial charge is 0.481 e.